The Morgan fingerprint density at radius 2 is 1.95 bits per heavy atom. The molecule has 2 aromatic rings. The van der Waals surface area contributed by atoms with Crippen molar-refractivity contribution >= 4 is 15.7 Å². The summed E-state index contributed by atoms with van der Waals surface area (Å²) in [4.78, 5) is 0. The van der Waals surface area contributed by atoms with Gasteiger partial charge in [-0.25, -0.2) is 17.1 Å². The van der Waals surface area contributed by atoms with Gasteiger partial charge in [-0.2, -0.15) is 0 Å². The molecule has 0 amide bonds. The highest BCUT2D eigenvalue weighted by molar-refractivity contribution is 7.88. The standard InChI is InChI=1S/C14H17FN2O3S/c1-10-4-6-12(15)13(8-10)16-9-11-5-7-14(20-11)21(18,19)17(2)3/h4-8,16H,9H2,1-3H3. The van der Waals surface area contributed by atoms with Gasteiger partial charge in [-0.05, 0) is 36.8 Å². The molecular formula is C14H17FN2O3S. The molecule has 0 aliphatic carbocycles. The highest BCUT2D eigenvalue weighted by atomic mass is 32.2. The highest BCUT2D eigenvalue weighted by Crippen LogP contribution is 2.20. The second-order valence-electron chi connectivity index (χ2n) is 4.85. The van der Waals surface area contributed by atoms with Gasteiger partial charge in [0.2, 0.25) is 5.09 Å². The second kappa shape index (κ2) is 5.87. The van der Waals surface area contributed by atoms with Crippen LogP contribution in [0.2, 0.25) is 0 Å². The predicted octanol–water partition coefficient (Wildman–Crippen LogP) is 2.59. The second-order valence-corrected chi connectivity index (χ2v) is 6.93. The summed E-state index contributed by atoms with van der Waals surface area (Å²) in [5.41, 5.74) is 1.28. The summed E-state index contributed by atoms with van der Waals surface area (Å²) in [7, 11) is -0.732. The van der Waals surface area contributed by atoms with Crippen LogP contribution in [0.1, 0.15) is 11.3 Å². The van der Waals surface area contributed by atoms with Crippen LogP contribution in [0.25, 0.3) is 0 Å². The van der Waals surface area contributed by atoms with E-state index in [-0.39, 0.29) is 17.5 Å². The molecule has 114 valence electrons. The monoisotopic (exact) mass is 312 g/mol. The van der Waals surface area contributed by atoms with Gasteiger partial charge in [0.25, 0.3) is 10.0 Å². The molecular weight excluding hydrogens is 295 g/mol. The highest BCUT2D eigenvalue weighted by Gasteiger charge is 2.21. The van der Waals surface area contributed by atoms with Crippen molar-refractivity contribution in [1.82, 2.24) is 4.31 Å². The molecule has 0 atom stereocenters. The van der Waals surface area contributed by atoms with Crippen LogP contribution in [0.5, 0.6) is 0 Å². The van der Waals surface area contributed by atoms with Gasteiger partial charge in [0.15, 0.2) is 0 Å². The normalized spacial score (nSPS) is 11.9. The molecule has 0 saturated heterocycles. The number of anilines is 1. The fraction of sp³-hybridized carbons (Fsp3) is 0.286. The number of rotatable bonds is 5. The maximum Gasteiger partial charge on any atom is 0.275 e. The van der Waals surface area contributed by atoms with Crippen molar-refractivity contribution in [2.24, 2.45) is 0 Å². The van der Waals surface area contributed by atoms with E-state index in [4.69, 9.17) is 4.42 Å². The van der Waals surface area contributed by atoms with Gasteiger partial charge < -0.3 is 9.73 Å². The van der Waals surface area contributed by atoms with Crippen molar-refractivity contribution in [2.75, 3.05) is 19.4 Å². The molecule has 0 aliphatic heterocycles. The van der Waals surface area contributed by atoms with Crippen molar-refractivity contribution < 1.29 is 17.2 Å². The molecule has 0 bridgehead atoms. The Morgan fingerprint density at radius 3 is 2.62 bits per heavy atom. The Balaban J connectivity index is 2.12. The van der Waals surface area contributed by atoms with Crippen molar-refractivity contribution in [3.63, 3.8) is 0 Å². The molecule has 1 N–H and O–H groups in total. The number of hydrogen-bond acceptors (Lipinski definition) is 4. The summed E-state index contributed by atoms with van der Waals surface area (Å²) in [5, 5.41) is 2.76. The van der Waals surface area contributed by atoms with E-state index < -0.39 is 10.0 Å². The van der Waals surface area contributed by atoms with Crippen molar-refractivity contribution in [1.29, 1.82) is 0 Å². The fourth-order valence-electron chi connectivity index (χ4n) is 1.73. The average molecular weight is 312 g/mol. The smallest absolute Gasteiger partial charge is 0.275 e. The van der Waals surface area contributed by atoms with Crippen LogP contribution in [0, 0.1) is 12.7 Å². The van der Waals surface area contributed by atoms with E-state index >= 15 is 0 Å². The van der Waals surface area contributed by atoms with Gasteiger partial charge >= 0.3 is 0 Å². The number of aryl methyl sites for hydroxylation is 1. The molecule has 0 fully saturated rings. The summed E-state index contributed by atoms with van der Waals surface area (Å²) < 4.78 is 43.7. The minimum atomic E-state index is -3.59. The van der Waals surface area contributed by atoms with Crippen LogP contribution in [0.3, 0.4) is 0 Å². The Hall–Kier alpha value is -1.86. The van der Waals surface area contributed by atoms with Gasteiger partial charge in [-0.1, -0.05) is 6.07 Å². The first-order chi connectivity index (χ1) is 9.80. The minimum absolute atomic E-state index is 0.131. The van der Waals surface area contributed by atoms with E-state index in [1.54, 1.807) is 18.2 Å². The number of benzene rings is 1. The molecule has 0 saturated carbocycles. The van der Waals surface area contributed by atoms with Gasteiger partial charge in [0.1, 0.15) is 11.6 Å². The van der Waals surface area contributed by atoms with Gasteiger partial charge in [-0.3, -0.25) is 0 Å². The van der Waals surface area contributed by atoms with Crippen molar-refractivity contribution in [3.05, 3.63) is 47.5 Å². The Bertz CT molecular complexity index is 738. The molecule has 7 heteroatoms. The number of furan rings is 1. The van der Waals surface area contributed by atoms with E-state index in [1.807, 2.05) is 6.92 Å². The predicted molar refractivity (Wildman–Crippen MR) is 78.0 cm³/mol. The first-order valence-corrected chi connectivity index (χ1v) is 7.76. The Kier molecular flexibility index (Phi) is 4.34. The van der Waals surface area contributed by atoms with Crippen LogP contribution in [0.4, 0.5) is 10.1 Å². The van der Waals surface area contributed by atoms with Crippen molar-refractivity contribution in [3.8, 4) is 0 Å². The number of nitrogens with one attached hydrogen (secondary N) is 1. The van der Waals surface area contributed by atoms with E-state index in [1.165, 1.54) is 26.2 Å². The Labute approximate surface area is 123 Å². The fourth-order valence-corrected chi connectivity index (χ4v) is 2.54. The zero-order valence-corrected chi connectivity index (χ0v) is 12.9. The number of sulfonamides is 1. The first kappa shape index (κ1) is 15.5. The third-order valence-electron chi connectivity index (χ3n) is 2.95. The van der Waals surface area contributed by atoms with Crippen LogP contribution < -0.4 is 5.32 Å². The average Bonchev–Trinajstić information content (AvgIpc) is 2.89. The SMILES string of the molecule is Cc1ccc(F)c(NCc2ccc(S(=O)(=O)N(C)C)o2)c1. The maximum atomic E-state index is 13.6. The maximum absolute atomic E-state index is 13.6. The zero-order valence-electron chi connectivity index (χ0n) is 12.1. The van der Waals surface area contributed by atoms with Crippen LogP contribution in [0.15, 0.2) is 39.8 Å². The van der Waals surface area contributed by atoms with Crippen molar-refractivity contribution in [2.45, 2.75) is 18.6 Å². The third-order valence-corrected chi connectivity index (χ3v) is 4.64. The first-order valence-electron chi connectivity index (χ1n) is 6.32. The molecule has 0 unspecified atom stereocenters. The minimum Gasteiger partial charge on any atom is -0.446 e. The molecule has 5 nitrogen and oxygen atoms in total. The molecule has 1 aromatic carbocycles. The van der Waals surface area contributed by atoms with E-state index in [0.717, 1.165) is 9.87 Å². The van der Waals surface area contributed by atoms with Gasteiger partial charge in [0.05, 0.1) is 12.2 Å². The number of halogens is 1. The molecule has 0 spiro atoms. The summed E-state index contributed by atoms with van der Waals surface area (Å²) in [6, 6.07) is 7.67. The van der Waals surface area contributed by atoms with E-state index in [2.05, 4.69) is 5.32 Å². The van der Waals surface area contributed by atoms with Gasteiger partial charge in [-0.15, -0.1) is 0 Å². The van der Waals surface area contributed by atoms with E-state index in [0.29, 0.717) is 11.4 Å². The third kappa shape index (κ3) is 3.43. The Morgan fingerprint density at radius 1 is 1.24 bits per heavy atom. The number of nitrogens with zero attached hydrogens (tertiary/aromatic N) is 1. The van der Waals surface area contributed by atoms with Crippen LogP contribution in [-0.4, -0.2) is 26.8 Å². The lowest BCUT2D eigenvalue weighted by atomic mass is 10.2. The summed E-state index contributed by atoms with van der Waals surface area (Å²) >= 11 is 0. The zero-order chi connectivity index (χ0) is 15.6. The topological polar surface area (TPSA) is 62.6 Å². The number of hydrogen-bond donors (Lipinski definition) is 1. The lowest BCUT2D eigenvalue weighted by Gasteiger charge is -2.08. The quantitative estimate of drug-likeness (QED) is 0.922. The molecule has 0 aliphatic rings. The van der Waals surface area contributed by atoms with Gasteiger partial charge in [0, 0.05) is 14.1 Å². The molecule has 21 heavy (non-hydrogen) atoms. The molecule has 0 radical (unpaired) electrons. The lowest BCUT2D eigenvalue weighted by Crippen LogP contribution is -2.21. The largest absolute Gasteiger partial charge is 0.446 e. The van der Waals surface area contributed by atoms with Crippen LogP contribution >= 0.6 is 0 Å². The molecule has 1 heterocycles. The lowest BCUT2D eigenvalue weighted by molar-refractivity contribution is 0.402. The summed E-state index contributed by atoms with van der Waals surface area (Å²) in [5.74, 6) is 0.0459. The summed E-state index contributed by atoms with van der Waals surface area (Å²) in [6.07, 6.45) is 0. The van der Waals surface area contributed by atoms with Crippen LogP contribution in [-0.2, 0) is 16.6 Å². The molecule has 2 rings (SSSR count). The van der Waals surface area contributed by atoms with E-state index in [9.17, 15) is 12.8 Å². The summed E-state index contributed by atoms with van der Waals surface area (Å²) in [6.45, 7) is 2.06. The molecule has 1 aromatic heterocycles.